The highest BCUT2D eigenvalue weighted by Gasteiger charge is 2.28. The van der Waals surface area contributed by atoms with Gasteiger partial charge in [0.15, 0.2) is 5.11 Å². The van der Waals surface area contributed by atoms with E-state index in [9.17, 15) is 4.79 Å². The normalized spacial score (nSPS) is 14.0. The van der Waals surface area contributed by atoms with E-state index in [1.54, 1.807) is 19.2 Å². The number of piperazine rings is 1. The van der Waals surface area contributed by atoms with E-state index in [0.717, 1.165) is 30.7 Å². The maximum absolute atomic E-state index is 13.1. The minimum absolute atomic E-state index is 0.172. The molecule has 1 aliphatic rings. The summed E-state index contributed by atoms with van der Waals surface area (Å²) in [6.07, 6.45) is 0. The van der Waals surface area contributed by atoms with Crippen LogP contribution in [0.15, 0.2) is 83.3 Å². The number of thiocarbonyl (C=S) groups is 1. The van der Waals surface area contributed by atoms with Crippen LogP contribution in [-0.4, -0.2) is 67.3 Å². The lowest BCUT2D eigenvalue weighted by Gasteiger charge is -2.40. The summed E-state index contributed by atoms with van der Waals surface area (Å²) < 4.78 is 11.6. The summed E-state index contributed by atoms with van der Waals surface area (Å²) in [5.41, 5.74) is 2.96. The lowest BCUT2D eigenvalue weighted by atomic mass is 9.96. The highest BCUT2D eigenvalue weighted by atomic mass is 79.9. The molecule has 8 heteroatoms. The molecular weight excluding hydrogens is 538 g/mol. The minimum atomic E-state index is -0.289. The molecular formula is C28H30BrN3O3S. The van der Waals surface area contributed by atoms with E-state index in [0.29, 0.717) is 29.6 Å². The second-order valence-corrected chi connectivity index (χ2v) is 9.79. The Morgan fingerprint density at radius 1 is 0.944 bits per heavy atom. The standard InChI is InChI=1S/C28H30BrN3O3S/c1-34-18-19-35-25-13-12-23(29)20-24(25)27(33)30-28(36)32-16-14-31(15-17-32)26(21-8-4-2-5-9-21)22-10-6-3-7-11-22/h2-13,20,26H,14-19H2,1H3,(H,30,33,36). The molecule has 1 N–H and O–H groups in total. The molecule has 0 unspecified atom stereocenters. The summed E-state index contributed by atoms with van der Waals surface area (Å²) in [6, 6.07) is 26.7. The third-order valence-corrected chi connectivity index (χ3v) is 7.00. The van der Waals surface area contributed by atoms with Gasteiger partial charge in [-0.2, -0.15) is 0 Å². The summed E-state index contributed by atoms with van der Waals surface area (Å²) in [5.74, 6) is 0.205. The first-order valence-electron chi connectivity index (χ1n) is 11.9. The lowest BCUT2D eigenvalue weighted by molar-refractivity contribution is 0.0959. The summed E-state index contributed by atoms with van der Waals surface area (Å²) in [7, 11) is 1.61. The molecule has 0 spiro atoms. The van der Waals surface area contributed by atoms with Crippen LogP contribution in [0.25, 0.3) is 0 Å². The van der Waals surface area contributed by atoms with Crippen LogP contribution in [0.4, 0.5) is 0 Å². The fourth-order valence-electron chi connectivity index (χ4n) is 4.35. The Labute approximate surface area is 226 Å². The van der Waals surface area contributed by atoms with Gasteiger partial charge in [0.1, 0.15) is 12.4 Å². The summed E-state index contributed by atoms with van der Waals surface area (Å²) in [6.45, 7) is 3.90. The van der Waals surface area contributed by atoms with Gasteiger partial charge in [0.2, 0.25) is 0 Å². The predicted molar refractivity (Wildman–Crippen MR) is 149 cm³/mol. The van der Waals surface area contributed by atoms with Crippen molar-refractivity contribution in [1.82, 2.24) is 15.1 Å². The molecule has 0 aliphatic carbocycles. The molecule has 0 radical (unpaired) electrons. The second kappa shape index (κ2) is 13.0. The third-order valence-electron chi connectivity index (χ3n) is 6.15. The van der Waals surface area contributed by atoms with Crippen molar-refractivity contribution in [3.8, 4) is 5.75 Å². The number of carbonyl (C=O) groups excluding carboxylic acids is 1. The van der Waals surface area contributed by atoms with Gasteiger partial charge < -0.3 is 14.4 Å². The molecule has 1 amide bonds. The molecule has 4 rings (SSSR count). The van der Waals surface area contributed by atoms with Gasteiger partial charge in [0.05, 0.1) is 18.2 Å². The first kappa shape index (κ1) is 26.3. The van der Waals surface area contributed by atoms with Crippen molar-refractivity contribution in [2.75, 3.05) is 46.5 Å². The fourth-order valence-corrected chi connectivity index (χ4v) is 4.99. The van der Waals surface area contributed by atoms with Crippen LogP contribution in [0.3, 0.4) is 0 Å². The molecule has 6 nitrogen and oxygen atoms in total. The molecule has 188 valence electrons. The zero-order valence-electron chi connectivity index (χ0n) is 20.2. The Morgan fingerprint density at radius 2 is 1.56 bits per heavy atom. The number of hydrogen-bond acceptors (Lipinski definition) is 5. The van der Waals surface area contributed by atoms with E-state index < -0.39 is 0 Å². The number of nitrogens with zero attached hydrogens (tertiary/aromatic N) is 2. The molecule has 3 aromatic rings. The molecule has 3 aromatic carbocycles. The first-order chi connectivity index (χ1) is 17.6. The molecule has 1 saturated heterocycles. The van der Waals surface area contributed by atoms with Gasteiger partial charge in [-0.3, -0.25) is 15.0 Å². The monoisotopic (exact) mass is 567 g/mol. The fraction of sp³-hybridized carbons (Fsp3) is 0.286. The van der Waals surface area contributed by atoms with E-state index in [2.05, 4.69) is 79.6 Å². The van der Waals surface area contributed by atoms with Gasteiger partial charge in [-0.15, -0.1) is 0 Å². The average molecular weight is 569 g/mol. The van der Waals surface area contributed by atoms with Crippen molar-refractivity contribution in [3.05, 3.63) is 100 Å². The van der Waals surface area contributed by atoms with E-state index >= 15 is 0 Å². The predicted octanol–water partition coefficient (Wildman–Crippen LogP) is 4.90. The van der Waals surface area contributed by atoms with Gasteiger partial charge in [-0.25, -0.2) is 0 Å². The largest absolute Gasteiger partial charge is 0.490 e. The van der Waals surface area contributed by atoms with E-state index in [1.807, 2.05) is 18.2 Å². The van der Waals surface area contributed by atoms with Crippen molar-refractivity contribution < 1.29 is 14.3 Å². The average Bonchev–Trinajstić information content (AvgIpc) is 2.91. The molecule has 0 aromatic heterocycles. The van der Waals surface area contributed by atoms with Crippen LogP contribution in [0.2, 0.25) is 0 Å². The van der Waals surface area contributed by atoms with Crippen LogP contribution < -0.4 is 10.1 Å². The molecule has 0 bridgehead atoms. The van der Waals surface area contributed by atoms with Crippen LogP contribution in [0, 0.1) is 0 Å². The van der Waals surface area contributed by atoms with Crippen molar-refractivity contribution in [3.63, 3.8) is 0 Å². The highest BCUT2D eigenvalue weighted by molar-refractivity contribution is 9.10. The van der Waals surface area contributed by atoms with Crippen LogP contribution in [-0.2, 0) is 4.74 Å². The Morgan fingerprint density at radius 3 is 2.14 bits per heavy atom. The van der Waals surface area contributed by atoms with Crippen molar-refractivity contribution in [1.29, 1.82) is 0 Å². The number of ether oxygens (including phenoxy) is 2. The van der Waals surface area contributed by atoms with Gasteiger partial charge in [0, 0.05) is 37.8 Å². The van der Waals surface area contributed by atoms with Gasteiger partial charge in [-0.1, -0.05) is 76.6 Å². The minimum Gasteiger partial charge on any atom is -0.490 e. The van der Waals surface area contributed by atoms with Crippen LogP contribution >= 0.6 is 28.1 Å². The Hall–Kier alpha value is -2.78. The summed E-state index contributed by atoms with van der Waals surface area (Å²) >= 11 is 9.07. The number of nitrogens with one attached hydrogen (secondary N) is 1. The van der Waals surface area contributed by atoms with Crippen LogP contribution in [0.5, 0.6) is 5.75 Å². The van der Waals surface area contributed by atoms with E-state index in [4.69, 9.17) is 21.7 Å². The number of rotatable bonds is 8. The van der Waals surface area contributed by atoms with Gasteiger partial charge in [-0.05, 0) is 41.5 Å². The zero-order chi connectivity index (χ0) is 25.3. The second-order valence-electron chi connectivity index (χ2n) is 8.49. The topological polar surface area (TPSA) is 54.0 Å². The number of carbonyl (C=O) groups is 1. The summed E-state index contributed by atoms with van der Waals surface area (Å²) in [5, 5.41) is 3.33. The number of hydrogen-bond donors (Lipinski definition) is 1. The van der Waals surface area contributed by atoms with Crippen LogP contribution in [0.1, 0.15) is 27.5 Å². The summed E-state index contributed by atoms with van der Waals surface area (Å²) in [4.78, 5) is 17.6. The molecule has 0 atom stereocenters. The molecule has 1 fully saturated rings. The Bertz CT molecular complexity index is 1120. The first-order valence-corrected chi connectivity index (χ1v) is 13.1. The lowest BCUT2D eigenvalue weighted by Crippen LogP contribution is -2.53. The quantitative estimate of drug-likeness (QED) is 0.309. The van der Waals surface area contributed by atoms with E-state index in [1.165, 1.54) is 11.1 Å². The smallest absolute Gasteiger partial charge is 0.261 e. The van der Waals surface area contributed by atoms with E-state index in [-0.39, 0.29) is 11.9 Å². The molecule has 36 heavy (non-hydrogen) atoms. The number of amides is 1. The Balaban J connectivity index is 1.40. The van der Waals surface area contributed by atoms with Crippen molar-refractivity contribution in [2.24, 2.45) is 0 Å². The van der Waals surface area contributed by atoms with Gasteiger partial charge >= 0.3 is 0 Å². The van der Waals surface area contributed by atoms with Gasteiger partial charge in [0.25, 0.3) is 5.91 Å². The SMILES string of the molecule is COCCOc1ccc(Br)cc1C(=O)NC(=S)N1CCN(C(c2ccccc2)c2ccccc2)CC1. The molecule has 1 heterocycles. The molecule has 0 saturated carbocycles. The molecule has 1 aliphatic heterocycles. The van der Waals surface area contributed by atoms with Crippen molar-refractivity contribution in [2.45, 2.75) is 6.04 Å². The number of halogens is 1. The number of methoxy groups -OCH3 is 1. The maximum Gasteiger partial charge on any atom is 0.261 e. The number of benzene rings is 3. The highest BCUT2D eigenvalue weighted by Crippen LogP contribution is 2.29. The maximum atomic E-state index is 13.1. The Kier molecular flexibility index (Phi) is 9.47. The third kappa shape index (κ3) is 6.70. The zero-order valence-corrected chi connectivity index (χ0v) is 22.6. The van der Waals surface area contributed by atoms with Crippen molar-refractivity contribution >= 4 is 39.2 Å².